The molecule has 0 spiro atoms. The number of para-hydroxylation sites is 1. The van der Waals surface area contributed by atoms with E-state index in [4.69, 9.17) is 11.6 Å². The summed E-state index contributed by atoms with van der Waals surface area (Å²) in [6.45, 7) is 2.28. The second kappa shape index (κ2) is 6.57. The van der Waals surface area contributed by atoms with Crippen LogP contribution in [0.4, 0.5) is 15.8 Å². The molecule has 1 heterocycles. The average Bonchev–Trinajstić information content (AvgIpc) is 2.67. The molecule has 1 aliphatic rings. The van der Waals surface area contributed by atoms with E-state index in [9.17, 15) is 14.0 Å². The highest BCUT2D eigenvalue weighted by Gasteiger charge is 2.29. The molecule has 0 unspecified atom stereocenters. The van der Waals surface area contributed by atoms with Gasteiger partial charge < -0.3 is 9.80 Å². The summed E-state index contributed by atoms with van der Waals surface area (Å²) in [5, 5.41) is 0.576. The Morgan fingerprint density at radius 1 is 0.808 bits per heavy atom. The van der Waals surface area contributed by atoms with Crippen molar-refractivity contribution in [3.8, 4) is 11.1 Å². The molecule has 4 nitrogen and oxygen atoms in total. The Hall–Kier alpha value is -2.66. The molecule has 3 aromatic carbocycles. The van der Waals surface area contributed by atoms with Crippen molar-refractivity contribution < 1.29 is 4.39 Å². The van der Waals surface area contributed by atoms with E-state index >= 15 is 0 Å². The third-order valence-corrected chi connectivity index (χ3v) is 5.06. The second-order valence-corrected chi connectivity index (χ2v) is 6.75. The number of rotatable bonds is 3. The molecule has 6 heteroatoms. The van der Waals surface area contributed by atoms with Crippen molar-refractivity contribution in [3.63, 3.8) is 0 Å². The van der Waals surface area contributed by atoms with Gasteiger partial charge >= 0.3 is 0 Å². The monoisotopic (exact) mass is 370 g/mol. The Labute approximate surface area is 154 Å². The molecule has 0 bridgehead atoms. The van der Waals surface area contributed by atoms with Crippen LogP contribution in [0.15, 0.2) is 58.1 Å². The number of hydrogen-bond donors (Lipinski definition) is 0. The second-order valence-electron chi connectivity index (χ2n) is 6.31. The van der Waals surface area contributed by atoms with Gasteiger partial charge in [0.15, 0.2) is 0 Å². The van der Waals surface area contributed by atoms with E-state index in [1.165, 1.54) is 6.07 Å². The molecule has 0 atom stereocenters. The van der Waals surface area contributed by atoms with Crippen LogP contribution < -0.4 is 20.7 Å². The Kier molecular flexibility index (Phi) is 4.24. The van der Waals surface area contributed by atoms with Gasteiger partial charge in [-0.05, 0) is 29.8 Å². The van der Waals surface area contributed by atoms with E-state index in [-0.39, 0.29) is 5.82 Å². The van der Waals surface area contributed by atoms with Crippen LogP contribution >= 0.6 is 11.6 Å². The van der Waals surface area contributed by atoms with Gasteiger partial charge in [-0.3, -0.25) is 9.59 Å². The van der Waals surface area contributed by atoms with E-state index in [1.54, 1.807) is 42.5 Å². The lowest BCUT2D eigenvalue weighted by Gasteiger charge is -2.38. The summed E-state index contributed by atoms with van der Waals surface area (Å²) in [5.41, 5.74) is 1.27. The summed E-state index contributed by atoms with van der Waals surface area (Å²) in [5.74, 6) is -0.253. The number of piperazine rings is 1. The first-order chi connectivity index (χ1) is 12.6. The zero-order valence-corrected chi connectivity index (χ0v) is 14.7. The lowest BCUT2D eigenvalue weighted by molar-refractivity contribution is 0.597. The van der Waals surface area contributed by atoms with Crippen LogP contribution in [0.5, 0.6) is 0 Å². The SMILES string of the molecule is O=c1c(-c2ccc(Cl)cc2)c(N2CCN(c3ccccc3F)CC2)c1=O. The normalized spacial score (nSPS) is 14.8. The predicted octanol–water partition coefficient (Wildman–Crippen LogP) is 3.07. The molecule has 1 saturated heterocycles. The standard InChI is InChI=1S/C20H16ClFN2O2/c21-14-7-5-13(6-8-14)17-18(20(26)19(17)25)24-11-9-23(10-12-24)16-4-2-1-3-15(16)22/h1-8H,9-12H2. The van der Waals surface area contributed by atoms with Gasteiger partial charge in [0, 0.05) is 31.2 Å². The molecule has 26 heavy (non-hydrogen) atoms. The van der Waals surface area contributed by atoms with Crippen LogP contribution in [-0.4, -0.2) is 26.2 Å². The summed E-state index contributed by atoms with van der Waals surface area (Å²) in [7, 11) is 0. The van der Waals surface area contributed by atoms with Crippen molar-refractivity contribution in [2.75, 3.05) is 36.0 Å². The number of hydrogen-bond acceptors (Lipinski definition) is 4. The highest BCUT2D eigenvalue weighted by Crippen LogP contribution is 2.29. The van der Waals surface area contributed by atoms with Gasteiger partial charge in [-0.15, -0.1) is 0 Å². The first-order valence-corrected chi connectivity index (χ1v) is 8.78. The zero-order valence-electron chi connectivity index (χ0n) is 13.9. The summed E-state index contributed by atoms with van der Waals surface area (Å²) < 4.78 is 14.0. The summed E-state index contributed by atoms with van der Waals surface area (Å²) >= 11 is 5.90. The number of nitrogens with zero attached hydrogens (tertiary/aromatic N) is 2. The fraction of sp³-hybridized carbons (Fsp3) is 0.200. The Balaban J connectivity index is 1.57. The Bertz CT molecular complexity index is 1020. The van der Waals surface area contributed by atoms with Crippen LogP contribution in [0, 0.1) is 5.82 Å². The third kappa shape index (κ3) is 2.78. The number of anilines is 2. The molecule has 0 amide bonds. The molecular weight excluding hydrogens is 355 g/mol. The van der Waals surface area contributed by atoms with E-state index in [1.807, 2.05) is 9.80 Å². The molecular formula is C20H16ClFN2O2. The average molecular weight is 371 g/mol. The van der Waals surface area contributed by atoms with E-state index < -0.39 is 10.9 Å². The first kappa shape index (κ1) is 16.8. The maximum Gasteiger partial charge on any atom is 0.250 e. The Morgan fingerprint density at radius 3 is 2.08 bits per heavy atom. The van der Waals surface area contributed by atoms with Gasteiger partial charge in [0.25, 0.3) is 0 Å². The number of benzene rings is 2. The molecule has 0 N–H and O–H groups in total. The largest absolute Gasteiger partial charge is 0.366 e. The summed E-state index contributed by atoms with van der Waals surface area (Å²) in [6, 6.07) is 13.6. The zero-order chi connectivity index (χ0) is 18.3. The van der Waals surface area contributed by atoms with Crippen LogP contribution in [0.1, 0.15) is 0 Å². The van der Waals surface area contributed by atoms with Gasteiger partial charge in [-0.2, -0.15) is 0 Å². The highest BCUT2D eigenvalue weighted by molar-refractivity contribution is 6.30. The quantitative estimate of drug-likeness (QED) is 0.664. The lowest BCUT2D eigenvalue weighted by atomic mass is 9.97. The van der Waals surface area contributed by atoms with E-state index in [2.05, 4.69) is 0 Å². The molecule has 0 saturated carbocycles. The fourth-order valence-electron chi connectivity index (χ4n) is 3.44. The summed E-state index contributed by atoms with van der Waals surface area (Å²) in [6.07, 6.45) is 0. The predicted molar refractivity (Wildman–Crippen MR) is 103 cm³/mol. The van der Waals surface area contributed by atoms with Crippen molar-refractivity contribution in [2.24, 2.45) is 0 Å². The van der Waals surface area contributed by atoms with Gasteiger partial charge in [-0.1, -0.05) is 35.9 Å². The molecule has 0 aromatic heterocycles. The van der Waals surface area contributed by atoms with Gasteiger partial charge in [0.05, 0.1) is 11.3 Å². The topological polar surface area (TPSA) is 40.6 Å². The van der Waals surface area contributed by atoms with E-state index in [0.717, 1.165) is 0 Å². The molecule has 0 radical (unpaired) electrons. The van der Waals surface area contributed by atoms with Crippen molar-refractivity contribution in [2.45, 2.75) is 0 Å². The fourth-order valence-corrected chi connectivity index (χ4v) is 3.57. The van der Waals surface area contributed by atoms with Gasteiger partial charge in [-0.25, -0.2) is 4.39 Å². The van der Waals surface area contributed by atoms with Crippen molar-refractivity contribution in [3.05, 3.63) is 79.8 Å². The molecule has 1 fully saturated rings. The minimum absolute atomic E-state index is 0.253. The van der Waals surface area contributed by atoms with Gasteiger partial charge in [0.1, 0.15) is 11.5 Å². The molecule has 132 valence electrons. The first-order valence-electron chi connectivity index (χ1n) is 8.40. The van der Waals surface area contributed by atoms with E-state index in [0.29, 0.717) is 53.7 Å². The smallest absolute Gasteiger partial charge is 0.250 e. The van der Waals surface area contributed by atoms with Crippen LogP contribution in [-0.2, 0) is 0 Å². The van der Waals surface area contributed by atoms with Crippen molar-refractivity contribution >= 4 is 23.0 Å². The molecule has 4 rings (SSSR count). The Morgan fingerprint density at radius 2 is 1.42 bits per heavy atom. The van der Waals surface area contributed by atoms with Crippen LogP contribution in [0.3, 0.4) is 0 Å². The maximum atomic E-state index is 14.0. The minimum atomic E-state index is -0.459. The minimum Gasteiger partial charge on any atom is -0.366 e. The maximum absolute atomic E-state index is 14.0. The van der Waals surface area contributed by atoms with Gasteiger partial charge in [0.2, 0.25) is 10.9 Å². The summed E-state index contributed by atoms with van der Waals surface area (Å²) in [4.78, 5) is 28.2. The number of halogens is 2. The van der Waals surface area contributed by atoms with Crippen molar-refractivity contribution in [1.82, 2.24) is 0 Å². The molecule has 3 aromatic rings. The van der Waals surface area contributed by atoms with Crippen molar-refractivity contribution in [1.29, 1.82) is 0 Å². The lowest BCUT2D eigenvalue weighted by Crippen LogP contribution is -2.51. The van der Waals surface area contributed by atoms with Crippen LogP contribution in [0.25, 0.3) is 11.1 Å². The molecule has 1 aliphatic heterocycles. The van der Waals surface area contributed by atoms with Crippen LogP contribution in [0.2, 0.25) is 5.02 Å². The highest BCUT2D eigenvalue weighted by atomic mass is 35.5. The third-order valence-electron chi connectivity index (χ3n) is 4.81. The molecule has 0 aliphatic carbocycles.